The van der Waals surface area contributed by atoms with E-state index >= 15 is 0 Å². The monoisotopic (exact) mass is 584 g/mol. The summed E-state index contributed by atoms with van der Waals surface area (Å²) in [5, 5.41) is 2.72. The number of thiocarbonyl (C=S) groups is 1. The molecule has 0 radical (unpaired) electrons. The fourth-order valence-electron chi connectivity index (χ4n) is 3.44. The van der Waals surface area contributed by atoms with Crippen molar-refractivity contribution in [3.63, 3.8) is 0 Å². The van der Waals surface area contributed by atoms with Crippen LogP contribution in [-0.4, -0.2) is 22.7 Å². The zero-order valence-corrected chi connectivity index (χ0v) is 22.5. The van der Waals surface area contributed by atoms with Crippen LogP contribution in [0.4, 0.5) is 15.8 Å². The number of benzene rings is 3. The molecule has 0 bridgehead atoms. The molecule has 2 amide bonds. The van der Waals surface area contributed by atoms with E-state index in [1.165, 1.54) is 40.9 Å². The molecule has 3 aromatic rings. The normalized spacial score (nSPS) is 14.4. The summed E-state index contributed by atoms with van der Waals surface area (Å²) in [6.07, 6.45) is 3.73. The summed E-state index contributed by atoms with van der Waals surface area (Å²) in [6, 6.07) is 17.8. The van der Waals surface area contributed by atoms with E-state index in [1.54, 1.807) is 30.3 Å². The summed E-state index contributed by atoms with van der Waals surface area (Å²) < 4.78 is 20.3. The molecule has 1 heterocycles. The number of ether oxygens (including phenoxy) is 1. The summed E-state index contributed by atoms with van der Waals surface area (Å²) in [6.45, 7) is 2.69. The minimum absolute atomic E-state index is 0.277. The molecule has 0 unspecified atom stereocenters. The Bertz CT molecular complexity index is 1350. The lowest BCUT2D eigenvalue weighted by Gasteiger charge is -2.15. The van der Waals surface area contributed by atoms with Crippen molar-refractivity contribution in [1.29, 1.82) is 0 Å². The van der Waals surface area contributed by atoms with E-state index in [1.807, 2.05) is 18.2 Å². The number of hydrogen-bond acceptors (Lipinski definition) is 5. The summed E-state index contributed by atoms with van der Waals surface area (Å²) in [5.41, 5.74) is 2.06. The highest BCUT2D eigenvalue weighted by atomic mass is 79.9. The highest BCUT2D eigenvalue weighted by molar-refractivity contribution is 9.10. The molecule has 0 aliphatic carbocycles. The van der Waals surface area contributed by atoms with Gasteiger partial charge in [-0.05, 0) is 73.2 Å². The van der Waals surface area contributed by atoms with Crippen LogP contribution in [0.5, 0.6) is 5.75 Å². The Hall–Kier alpha value is -3.01. The number of halogens is 2. The topological polar surface area (TPSA) is 58.6 Å². The average molecular weight is 586 g/mol. The first-order chi connectivity index (χ1) is 17.4. The number of anilines is 2. The summed E-state index contributed by atoms with van der Waals surface area (Å²) in [5.74, 6) is -0.357. The van der Waals surface area contributed by atoms with Gasteiger partial charge < -0.3 is 10.1 Å². The largest absolute Gasteiger partial charge is 0.493 e. The van der Waals surface area contributed by atoms with Crippen molar-refractivity contribution in [2.75, 3.05) is 16.8 Å². The van der Waals surface area contributed by atoms with Crippen molar-refractivity contribution in [3.8, 4) is 5.75 Å². The zero-order valence-electron chi connectivity index (χ0n) is 19.3. The summed E-state index contributed by atoms with van der Waals surface area (Å²) in [4.78, 5) is 27.9. The van der Waals surface area contributed by atoms with Gasteiger partial charge in [-0.25, -0.2) is 4.39 Å². The molecule has 0 spiro atoms. The predicted octanol–water partition coefficient (Wildman–Crippen LogP) is 7.43. The van der Waals surface area contributed by atoms with Gasteiger partial charge >= 0.3 is 0 Å². The van der Waals surface area contributed by atoms with E-state index in [2.05, 4.69) is 28.2 Å². The van der Waals surface area contributed by atoms with Gasteiger partial charge in [-0.15, -0.1) is 0 Å². The molecule has 1 saturated heterocycles. The van der Waals surface area contributed by atoms with Gasteiger partial charge in [0.25, 0.3) is 11.8 Å². The molecule has 1 aliphatic heterocycles. The van der Waals surface area contributed by atoms with Crippen LogP contribution in [0.2, 0.25) is 0 Å². The second-order valence-corrected chi connectivity index (χ2v) is 10.5. The smallest absolute Gasteiger partial charge is 0.270 e. The molecule has 0 atom stereocenters. The molecule has 0 saturated carbocycles. The molecular formula is C27H22BrFN2O3S2. The van der Waals surface area contributed by atoms with Crippen LogP contribution in [0.15, 0.2) is 76.1 Å². The standard InChI is InChI=1S/C27H22BrFN2O3S2/c1-2-3-13-34-23-12-7-19(28)14-18(23)16-24-26(33)31(27(35)36-24)22-6-4-5-17(15-22)25(32)30-21-10-8-20(29)9-11-21/h4-12,14-16H,2-3,13H2,1H3,(H,30,32)/b24-16+. The fourth-order valence-corrected chi connectivity index (χ4v) is 5.11. The molecule has 1 N–H and O–H groups in total. The van der Waals surface area contributed by atoms with E-state index in [0.717, 1.165) is 22.9 Å². The molecule has 184 valence electrons. The average Bonchev–Trinajstić information content (AvgIpc) is 3.14. The minimum atomic E-state index is -0.389. The zero-order chi connectivity index (χ0) is 25.7. The first kappa shape index (κ1) is 26.1. The minimum Gasteiger partial charge on any atom is -0.493 e. The molecule has 4 rings (SSSR count). The Kier molecular flexibility index (Phi) is 8.56. The number of unbranched alkanes of at least 4 members (excludes halogenated alkanes) is 1. The van der Waals surface area contributed by atoms with E-state index in [-0.39, 0.29) is 17.6 Å². The second kappa shape index (κ2) is 11.8. The first-order valence-corrected chi connectivity index (χ1v) is 13.2. The van der Waals surface area contributed by atoms with Crippen LogP contribution in [0, 0.1) is 5.82 Å². The number of hydrogen-bond donors (Lipinski definition) is 1. The molecule has 3 aromatic carbocycles. The fraction of sp³-hybridized carbons (Fsp3) is 0.148. The first-order valence-electron chi connectivity index (χ1n) is 11.2. The Balaban J connectivity index is 1.56. The van der Waals surface area contributed by atoms with E-state index < -0.39 is 0 Å². The third kappa shape index (κ3) is 6.21. The lowest BCUT2D eigenvalue weighted by molar-refractivity contribution is -0.113. The summed E-state index contributed by atoms with van der Waals surface area (Å²) in [7, 11) is 0. The van der Waals surface area contributed by atoms with Crippen molar-refractivity contribution >= 4 is 73.5 Å². The van der Waals surface area contributed by atoms with E-state index in [4.69, 9.17) is 17.0 Å². The molecule has 5 nitrogen and oxygen atoms in total. The Morgan fingerprint density at radius 3 is 2.69 bits per heavy atom. The molecule has 36 heavy (non-hydrogen) atoms. The number of carbonyl (C=O) groups is 2. The van der Waals surface area contributed by atoms with Crippen molar-refractivity contribution in [1.82, 2.24) is 0 Å². The third-order valence-corrected chi connectivity index (χ3v) is 7.07. The van der Waals surface area contributed by atoms with Crippen molar-refractivity contribution in [2.24, 2.45) is 0 Å². The molecular weight excluding hydrogens is 563 g/mol. The maximum atomic E-state index is 13.3. The number of amides is 2. The van der Waals surface area contributed by atoms with Crippen LogP contribution in [0.1, 0.15) is 35.7 Å². The van der Waals surface area contributed by atoms with Gasteiger partial charge in [-0.3, -0.25) is 14.5 Å². The Morgan fingerprint density at radius 1 is 1.17 bits per heavy atom. The second-order valence-electron chi connectivity index (χ2n) is 7.91. The maximum Gasteiger partial charge on any atom is 0.270 e. The van der Waals surface area contributed by atoms with Gasteiger partial charge in [0, 0.05) is 21.3 Å². The van der Waals surface area contributed by atoms with Gasteiger partial charge in [0.2, 0.25) is 0 Å². The van der Waals surface area contributed by atoms with E-state index in [9.17, 15) is 14.0 Å². The lowest BCUT2D eigenvalue weighted by atomic mass is 10.1. The van der Waals surface area contributed by atoms with Crippen LogP contribution in [-0.2, 0) is 4.79 Å². The maximum absolute atomic E-state index is 13.3. The van der Waals surface area contributed by atoms with E-state index in [0.29, 0.717) is 38.5 Å². The molecule has 0 aromatic heterocycles. The number of nitrogens with zero attached hydrogens (tertiary/aromatic N) is 1. The van der Waals surface area contributed by atoms with Crippen molar-refractivity contribution < 1.29 is 18.7 Å². The third-order valence-electron chi connectivity index (χ3n) is 5.28. The quantitative estimate of drug-likeness (QED) is 0.169. The van der Waals surface area contributed by atoms with Gasteiger partial charge in [0.15, 0.2) is 4.32 Å². The molecule has 1 fully saturated rings. The summed E-state index contributed by atoms with van der Waals surface area (Å²) >= 11 is 10.2. The van der Waals surface area contributed by atoms with Crippen molar-refractivity contribution in [3.05, 3.63) is 93.1 Å². The van der Waals surface area contributed by atoms with Crippen molar-refractivity contribution in [2.45, 2.75) is 19.8 Å². The van der Waals surface area contributed by atoms with Crippen LogP contribution in [0.25, 0.3) is 6.08 Å². The number of carbonyl (C=O) groups excluding carboxylic acids is 2. The highest BCUT2D eigenvalue weighted by Crippen LogP contribution is 2.38. The number of thioether (sulfide) groups is 1. The van der Waals surface area contributed by atoms with Gasteiger partial charge in [-0.1, -0.05) is 59.3 Å². The Morgan fingerprint density at radius 2 is 1.94 bits per heavy atom. The van der Waals surface area contributed by atoms with Gasteiger partial charge in [-0.2, -0.15) is 0 Å². The van der Waals surface area contributed by atoms with Gasteiger partial charge in [0.05, 0.1) is 17.2 Å². The highest BCUT2D eigenvalue weighted by Gasteiger charge is 2.34. The lowest BCUT2D eigenvalue weighted by Crippen LogP contribution is -2.27. The number of nitrogens with one attached hydrogen (secondary N) is 1. The Labute approximate surface area is 226 Å². The number of rotatable bonds is 8. The molecule has 9 heteroatoms. The van der Waals surface area contributed by atoms with Gasteiger partial charge in [0.1, 0.15) is 11.6 Å². The SMILES string of the molecule is CCCCOc1ccc(Br)cc1/C=C1/SC(=S)N(c2cccc(C(=O)Nc3ccc(F)cc3)c2)C1=O. The van der Waals surface area contributed by atoms with Crippen LogP contribution in [0.3, 0.4) is 0 Å². The predicted molar refractivity (Wildman–Crippen MR) is 151 cm³/mol. The van der Waals surface area contributed by atoms with Crippen LogP contribution < -0.4 is 15.0 Å². The molecule has 1 aliphatic rings. The van der Waals surface area contributed by atoms with Crippen LogP contribution >= 0.6 is 39.9 Å².